The van der Waals surface area contributed by atoms with Crippen LogP contribution in [0.25, 0.3) is 0 Å². The Kier molecular flexibility index (Phi) is 8.12. The van der Waals surface area contributed by atoms with Crippen LogP contribution in [0.3, 0.4) is 0 Å². The molecule has 0 aromatic heterocycles. The Hall–Kier alpha value is -3.29. The van der Waals surface area contributed by atoms with E-state index in [1.54, 1.807) is 0 Å². The highest BCUT2D eigenvalue weighted by molar-refractivity contribution is 14.1. The summed E-state index contributed by atoms with van der Waals surface area (Å²) in [6.45, 7) is 2.96. The molecule has 0 amide bonds. The van der Waals surface area contributed by atoms with Crippen molar-refractivity contribution < 1.29 is 9.47 Å². The number of nitrogens with zero attached hydrogens (tertiary/aromatic N) is 1. The minimum atomic E-state index is 0.281. The van der Waals surface area contributed by atoms with Crippen LogP contribution in [-0.4, -0.2) is 12.8 Å². The first-order chi connectivity index (χ1) is 19.6. The molecule has 1 aliphatic heterocycles. The molecule has 1 N–H and O–H groups in total. The van der Waals surface area contributed by atoms with Gasteiger partial charge in [-0.3, -0.25) is 4.99 Å². The molecule has 6 rings (SSSR count). The number of allylic oxidation sites excluding steroid dienone is 2. The largest absolute Gasteiger partial charge is 0.490 e. The van der Waals surface area contributed by atoms with Gasteiger partial charge in [-0.2, -0.15) is 0 Å². The van der Waals surface area contributed by atoms with E-state index in [9.17, 15) is 0 Å². The van der Waals surface area contributed by atoms with Crippen molar-refractivity contribution in [3.05, 3.63) is 128 Å². The minimum Gasteiger partial charge on any atom is -0.490 e. The van der Waals surface area contributed by atoms with E-state index in [-0.39, 0.29) is 6.04 Å². The van der Waals surface area contributed by atoms with Crippen molar-refractivity contribution in [2.75, 3.05) is 11.9 Å². The molecule has 202 valence electrons. The standard InChI is InChI=1S/C34H30ClIN2O2/c1-2-39-32-19-23(18-30(36)34(32)40-21-22-10-14-25(35)15-11-22)20-37-26-16-12-24(13-17-26)33-29-8-5-7-27(29)28-6-3-4-9-31(28)38-33/h3-7,9-20,27,29,33,38H,2,8,21H2,1H3/t27-,29-,33-/m0/s1. The molecule has 4 aromatic carbocycles. The summed E-state index contributed by atoms with van der Waals surface area (Å²) in [4.78, 5) is 4.77. The fourth-order valence-electron chi connectivity index (χ4n) is 5.59. The molecule has 2 aliphatic rings. The Bertz CT molecular complexity index is 1550. The van der Waals surface area contributed by atoms with Crippen LogP contribution in [0.15, 0.2) is 102 Å². The van der Waals surface area contributed by atoms with Gasteiger partial charge in [0.15, 0.2) is 11.5 Å². The van der Waals surface area contributed by atoms with Crippen molar-refractivity contribution in [2.24, 2.45) is 10.9 Å². The van der Waals surface area contributed by atoms with Crippen LogP contribution in [0.5, 0.6) is 11.5 Å². The van der Waals surface area contributed by atoms with Crippen LogP contribution in [0.4, 0.5) is 11.4 Å². The number of para-hydroxylation sites is 1. The Balaban J connectivity index is 1.17. The monoisotopic (exact) mass is 660 g/mol. The number of hydrogen-bond acceptors (Lipinski definition) is 4. The molecule has 3 atom stereocenters. The fourth-order valence-corrected chi connectivity index (χ4v) is 6.50. The number of benzene rings is 4. The van der Waals surface area contributed by atoms with Crippen molar-refractivity contribution in [3.8, 4) is 11.5 Å². The first-order valence-corrected chi connectivity index (χ1v) is 15.0. The van der Waals surface area contributed by atoms with Crippen LogP contribution >= 0.6 is 34.2 Å². The third-order valence-corrected chi connectivity index (χ3v) is 8.57. The van der Waals surface area contributed by atoms with Gasteiger partial charge in [-0.05, 0) is 107 Å². The summed E-state index contributed by atoms with van der Waals surface area (Å²) in [5.41, 5.74) is 6.86. The van der Waals surface area contributed by atoms with E-state index in [2.05, 4.69) is 94.7 Å². The second kappa shape index (κ2) is 12.1. The van der Waals surface area contributed by atoms with Gasteiger partial charge in [-0.15, -0.1) is 0 Å². The summed E-state index contributed by atoms with van der Waals surface area (Å²) in [6, 6.07) is 29.3. The molecule has 0 bridgehead atoms. The summed E-state index contributed by atoms with van der Waals surface area (Å²) >= 11 is 8.31. The number of aliphatic imine (C=N–C) groups is 1. The van der Waals surface area contributed by atoms with Crippen molar-refractivity contribution in [1.29, 1.82) is 0 Å². The molecular weight excluding hydrogens is 631 g/mol. The lowest BCUT2D eigenvalue weighted by molar-refractivity contribution is 0.267. The lowest BCUT2D eigenvalue weighted by Gasteiger charge is -2.37. The highest BCUT2D eigenvalue weighted by Gasteiger charge is 2.37. The fraction of sp³-hybridized carbons (Fsp3) is 0.206. The number of anilines is 1. The number of ether oxygens (including phenoxy) is 2. The van der Waals surface area contributed by atoms with Gasteiger partial charge < -0.3 is 14.8 Å². The topological polar surface area (TPSA) is 42.8 Å². The number of nitrogens with one attached hydrogen (secondary N) is 1. The van der Waals surface area contributed by atoms with Gasteiger partial charge in [0.2, 0.25) is 0 Å². The zero-order chi connectivity index (χ0) is 27.5. The number of hydrogen-bond donors (Lipinski definition) is 1. The van der Waals surface area contributed by atoms with Crippen LogP contribution in [-0.2, 0) is 6.61 Å². The Morgan fingerprint density at radius 3 is 2.60 bits per heavy atom. The Morgan fingerprint density at radius 2 is 1.80 bits per heavy atom. The number of fused-ring (bicyclic) bond motifs is 3. The van der Waals surface area contributed by atoms with Gasteiger partial charge in [0, 0.05) is 22.8 Å². The maximum Gasteiger partial charge on any atom is 0.175 e. The Labute approximate surface area is 254 Å². The second-order valence-corrected chi connectivity index (χ2v) is 11.7. The molecular formula is C34H30ClIN2O2. The Morgan fingerprint density at radius 1 is 1.00 bits per heavy atom. The highest BCUT2D eigenvalue weighted by Crippen LogP contribution is 2.49. The molecule has 40 heavy (non-hydrogen) atoms. The molecule has 1 aliphatic carbocycles. The summed E-state index contributed by atoms with van der Waals surface area (Å²) < 4.78 is 13.1. The average molecular weight is 661 g/mol. The normalized spacial score (nSPS) is 19.2. The molecule has 6 heteroatoms. The average Bonchev–Trinajstić information content (AvgIpc) is 3.47. The maximum atomic E-state index is 6.16. The molecule has 0 saturated heterocycles. The SMILES string of the molecule is CCOc1cc(C=Nc2ccc([C@@H]3Nc4ccccc4[C@@H]4C=CC[C@@H]43)cc2)cc(I)c1OCc1ccc(Cl)cc1. The minimum absolute atomic E-state index is 0.281. The lowest BCUT2D eigenvalue weighted by atomic mass is 9.77. The van der Waals surface area contributed by atoms with Gasteiger partial charge in [-0.25, -0.2) is 0 Å². The van der Waals surface area contributed by atoms with Gasteiger partial charge in [0.25, 0.3) is 0 Å². The zero-order valence-electron chi connectivity index (χ0n) is 22.2. The predicted octanol–water partition coefficient (Wildman–Crippen LogP) is 9.50. The first kappa shape index (κ1) is 26.9. The van der Waals surface area contributed by atoms with E-state index in [4.69, 9.17) is 26.1 Å². The smallest absolute Gasteiger partial charge is 0.175 e. The van der Waals surface area contributed by atoms with Gasteiger partial charge >= 0.3 is 0 Å². The van der Waals surface area contributed by atoms with Crippen molar-refractivity contribution in [3.63, 3.8) is 0 Å². The van der Waals surface area contributed by atoms with E-state index in [0.29, 0.717) is 35.8 Å². The van der Waals surface area contributed by atoms with E-state index in [1.165, 1.54) is 16.8 Å². The van der Waals surface area contributed by atoms with Crippen LogP contribution in [0, 0.1) is 9.49 Å². The van der Waals surface area contributed by atoms with Crippen molar-refractivity contribution >= 4 is 51.8 Å². The van der Waals surface area contributed by atoms with Crippen LogP contribution in [0.1, 0.15) is 47.6 Å². The summed E-state index contributed by atoms with van der Waals surface area (Å²) in [5.74, 6) is 2.45. The highest BCUT2D eigenvalue weighted by atomic mass is 127. The number of rotatable bonds is 8. The van der Waals surface area contributed by atoms with Gasteiger partial charge in [0.05, 0.1) is 21.9 Å². The summed E-state index contributed by atoms with van der Waals surface area (Å²) in [7, 11) is 0. The van der Waals surface area contributed by atoms with E-state index in [1.807, 2.05) is 43.5 Å². The van der Waals surface area contributed by atoms with Crippen molar-refractivity contribution in [1.82, 2.24) is 0 Å². The van der Waals surface area contributed by atoms with E-state index < -0.39 is 0 Å². The predicted molar refractivity (Wildman–Crippen MR) is 173 cm³/mol. The third-order valence-electron chi connectivity index (χ3n) is 7.52. The van der Waals surface area contributed by atoms with E-state index in [0.717, 1.165) is 32.6 Å². The lowest BCUT2D eigenvalue weighted by Crippen LogP contribution is -2.28. The molecule has 0 spiro atoms. The van der Waals surface area contributed by atoms with Gasteiger partial charge in [0.1, 0.15) is 6.61 Å². The number of halogens is 2. The molecule has 4 nitrogen and oxygen atoms in total. The zero-order valence-corrected chi connectivity index (χ0v) is 25.1. The maximum absolute atomic E-state index is 6.16. The van der Waals surface area contributed by atoms with Gasteiger partial charge in [-0.1, -0.05) is 66.2 Å². The summed E-state index contributed by atoms with van der Waals surface area (Å²) in [5, 5.41) is 4.51. The second-order valence-electron chi connectivity index (χ2n) is 10.1. The third kappa shape index (κ3) is 5.77. The van der Waals surface area contributed by atoms with E-state index >= 15 is 0 Å². The molecule has 0 unspecified atom stereocenters. The summed E-state index contributed by atoms with van der Waals surface area (Å²) in [6.07, 6.45) is 7.68. The molecule has 4 aromatic rings. The molecule has 0 fully saturated rings. The van der Waals surface area contributed by atoms with Crippen LogP contribution in [0.2, 0.25) is 5.02 Å². The molecule has 1 heterocycles. The quantitative estimate of drug-likeness (QED) is 0.116. The molecule has 0 radical (unpaired) electrons. The molecule has 0 saturated carbocycles. The van der Waals surface area contributed by atoms with Crippen LogP contribution < -0.4 is 14.8 Å². The first-order valence-electron chi connectivity index (χ1n) is 13.6. The van der Waals surface area contributed by atoms with Crippen molar-refractivity contribution in [2.45, 2.75) is 31.9 Å².